The van der Waals surface area contributed by atoms with Crippen molar-refractivity contribution in [2.75, 3.05) is 10.8 Å². The Balaban J connectivity index is 1.84. The summed E-state index contributed by atoms with van der Waals surface area (Å²) in [5.41, 5.74) is 1.55. The number of carbonyl (C=O) groups excluding carboxylic acids is 2. The van der Waals surface area contributed by atoms with Gasteiger partial charge >= 0.3 is 0 Å². The number of nitrogens with one attached hydrogen (secondary N) is 1. The number of benzene rings is 4. The van der Waals surface area contributed by atoms with Gasteiger partial charge in [0.25, 0.3) is 10.0 Å². The minimum atomic E-state index is -4.36. The fourth-order valence-electron chi connectivity index (χ4n) is 4.83. The van der Waals surface area contributed by atoms with Gasteiger partial charge in [-0.15, -0.1) is 0 Å². The van der Waals surface area contributed by atoms with E-state index in [4.69, 9.17) is 23.2 Å². The predicted octanol–water partition coefficient (Wildman–Crippen LogP) is 7.19. The minimum absolute atomic E-state index is 0.00331. The van der Waals surface area contributed by atoms with Crippen LogP contribution in [0.15, 0.2) is 102 Å². The second-order valence-electron chi connectivity index (χ2n) is 12.0. The van der Waals surface area contributed by atoms with Crippen LogP contribution in [0, 0.1) is 12.7 Å². The monoisotopic (exact) mass is 683 g/mol. The fourth-order valence-corrected chi connectivity index (χ4v) is 6.70. The first-order valence-corrected chi connectivity index (χ1v) is 16.8. The van der Waals surface area contributed by atoms with Crippen LogP contribution in [-0.2, 0) is 32.6 Å². The Hall–Kier alpha value is -3.92. The quantitative estimate of drug-likeness (QED) is 0.181. The molecule has 0 unspecified atom stereocenters. The Morgan fingerprint density at radius 3 is 2.09 bits per heavy atom. The van der Waals surface area contributed by atoms with Crippen LogP contribution in [0.2, 0.25) is 10.0 Å². The topological polar surface area (TPSA) is 86.8 Å². The van der Waals surface area contributed by atoms with E-state index in [0.29, 0.717) is 5.56 Å². The average Bonchev–Trinajstić information content (AvgIpc) is 3.00. The zero-order valence-corrected chi connectivity index (χ0v) is 28.3. The molecule has 11 heteroatoms. The highest BCUT2D eigenvalue weighted by Gasteiger charge is 2.36. The van der Waals surface area contributed by atoms with Crippen LogP contribution in [0.25, 0.3) is 0 Å². The molecule has 242 valence electrons. The van der Waals surface area contributed by atoms with Crippen molar-refractivity contribution in [3.05, 3.63) is 130 Å². The lowest BCUT2D eigenvalue weighted by atomic mass is 10.0. The molecule has 1 atom stereocenters. The molecule has 4 aromatic rings. The molecule has 0 heterocycles. The highest BCUT2D eigenvalue weighted by Crippen LogP contribution is 2.35. The van der Waals surface area contributed by atoms with Gasteiger partial charge in [-0.2, -0.15) is 0 Å². The van der Waals surface area contributed by atoms with Gasteiger partial charge in [-0.25, -0.2) is 12.8 Å². The molecule has 0 aliphatic carbocycles. The molecule has 2 amide bonds. The third-order valence-corrected chi connectivity index (χ3v) is 9.71. The maximum atomic E-state index is 14.5. The molecule has 0 spiro atoms. The van der Waals surface area contributed by atoms with Gasteiger partial charge in [0.1, 0.15) is 18.4 Å². The maximum Gasteiger partial charge on any atom is 0.264 e. The standard InChI is InChI=1S/C35H36Cl2FN3O4S/c1-24-13-19-28(20-14-24)46(44,45)41(30-12-8-11-29(36)33(30)37)23-32(42)40(22-26-15-17-27(38)18-16-26)31(34(43)39-35(2,3)4)21-25-9-6-5-7-10-25/h5-20,31H,21-23H2,1-4H3,(H,39,43)/t31-/m1/s1. The number of rotatable bonds is 11. The lowest BCUT2D eigenvalue weighted by molar-refractivity contribution is -0.140. The molecular weight excluding hydrogens is 648 g/mol. The van der Waals surface area contributed by atoms with Crippen molar-refractivity contribution in [2.24, 2.45) is 0 Å². The fraction of sp³-hybridized carbons (Fsp3) is 0.257. The van der Waals surface area contributed by atoms with Crippen LogP contribution in [0.1, 0.15) is 37.5 Å². The van der Waals surface area contributed by atoms with E-state index in [0.717, 1.165) is 15.4 Å². The number of sulfonamides is 1. The van der Waals surface area contributed by atoms with E-state index < -0.39 is 45.8 Å². The average molecular weight is 685 g/mol. The Morgan fingerprint density at radius 1 is 0.848 bits per heavy atom. The van der Waals surface area contributed by atoms with Crippen molar-refractivity contribution in [1.82, 2.24) is 10.2 Å². The Kier molecular flexibility index (Phi) is 11.1. The van der Waals surface area contributed by atoms with Crippen LogP contribution >= 0.6 is 23.2 Å². The van der Waals surface area contributed by atoms with E-state index in [1.165, 1.54) is 59.5 Å². The minimum Gasteiger partial charge on any atom is -0.350 e. The molecule has 0 saturated heterocycles. The molecule has 0 fully saturated rings. The van der Waals surface area contributed by atoms with Crippen molar-refractivity contribution in [3.8, 4) is 0 Å². The summed E-state index contributed by atoms with van der Waals surface area (Å²) in [6, 6.07) is 24.4. The third-order valence-electron chi connectivity index (χ3n) is 7.12. The number of hydrogen-bond acceptors (Lipinski definition) is 4. The Bertz CT molecular complexity index is 1780. The van der Waals surface area contributed by atoms with E-state index in [1.807, 2.05) is 58.0 Å². The van der Waals surface area contributed by atoms with E-state index in [2.05, 4.69) is 5.32 Å². The summed E-state index contributed by atoms with van der Waals surface area (Å²) in [6.07, 6.45) is 0.137. The SMILES string of the molecule is Cc1ccc(S(=O)(=O)N(CC(=O)N(Cc2ccc(F)cc2)[C@H](Cc2ccccc2)C(=O)NC(C)(C)C)c2cccc(Cl)c2Cl)cc1. The lowest BCUT2D eigenvalue weighted by Gasteiger charge is -2.35. The number of halogens is 3. The molecule has 7 nitrogen and oxygen atoms in total. The van der Waals surface area contributed by atoms with Crippen molar-refractivity contribution in [2.45, 2.75) is 57.1 Å². The summed E-state index contributed by atoms with van der Waals surface area (Å²) in [6.45, 7) is 6.50. The molecule has 0 bridgehead atoms. The van der Waals surface area contributed by atoms with Crippen LogP contribution in [0.5, 0.6) is 0 Å². The van der Waals surface area contributed by atoms with E-state index in [-0.39, 0.29) is 33.6 Å². The molecule has 0 saturated carbocycles. The van der Waals surface area contributed by atoms with Gasteiger partial charge < -0.3 is 10.2 Å². The predicted molar refractivity (Wildman–Crippen MR) is 181 cm³/mol. The van der Waals surface area contributed by atoms with Crippen LogP contribution in [0.3, 0.4) is 0 Å². The third kappa shape index (κ3) is 8.87. The first-order valence-electron chi connectivity index (χ1n) is 14.6. The number of amides is 2. The molecule has 0 aliphatic heterocycles. The highest BCUT2D eigenvalue weighted by atomic mass is 35.5. The second kappa shape index (κ2) is 14.7. The van der Waals surface area contributed by atoms with Gasteiger partial charge in [0.15, 0.2) is 0 Å². The van der Waals surface area contributed by atoms with Crippen LogP contribution in [-0.4, -0.2) is 43.3 Å². The molecular formula is C35H36Cl2FN3O4S. The van der Waals surface area contributed by atoms with Crippen molar-refractivity contribution in [1.29, 1.82) is 0 Å². The molecule has 46 heavy (non-hydrogen) atoms. The molecule has 0 radical (unpaired) electrons. The van der Waals surface area contributed by atoms with Crippen molar-refractivity contribution >= 4 is 50.7 Å². The van der Waals surface area contributed by atoms with Gasteiger partial charge in [0, 0.05) is 18.5 Å². The van der Waals surface area contributed by atoms with Crippen LogP contribution < -0.4 is 9.62 Å². The van der Waals surface area contributed by atoms with Gasteiger partial charge in [0.05, 0.1) is 20.6 Å². The molecule has 1 N–H and O–H groups in total. The Morgan fingerprint density at radius 2 is 1.48 bits per heavy atom. The number of aryl methyl sites for hydroxylation is 1. The first kappa shape index (κ1) is 34.9. The number of carbonyl (C=O) groups is 2. The summed E-state index contributed by atoms with van der Waals surface area (Å²) < 4.78 is 43.1. The van der Waals surface area contributed by atoms with E-state index in [1.54, 1.807) is 12.1 Å². The van der Waals surface area contributed by atoms with Crippen molar-refractivity contribution < 1.29 is 22.4 Å². The molecule has 0 aliphatic rings. The largest absolute Gasteiger partial charge is 0.350 e. The van der Waals surface area contributed by atoms with Gasteiger partial charge in [0.2, 0.25) is 11.8 Å². The van der Waals surface area contributed by atoms with E-state index in [9.17, 15) is 22.4 Å². The normalized spacial score (nSPS) is 12.3. The zero-order valence-electron chi connectivity index (χ0n) is 26.0. The van der Waals surface area contributed by atoms with Gasteiger partial charge in [-0.3, -0.25) is 13.9 Å². The summed E-state index contributed by atoms with van der Waals surface area (Å²) in [5.74, 6) is -1.57. The summed E-state index contributed by atoms with van der Waals surface area (Å²) in [7, 11) is -4.36. The molecule has 4 aromatic carbocycles. The first-order chi connectivity index (χ1) is 21.7. The second-order valence-corrected chi connectivity index (χ2v) is 14.6. The van der Waals surface area contributed by atoms with Gasteiger partial charge in [-0.05, 0) is 75.2 Å². The smallest absolute Gasteiger partial charge is 0.264 e. The lowest BCUT2D eigenvalue weighted by Crippen LogP contribution is -2.56. The van der Waals surface area contributed by atoms with E-state index >= 15 is 0 Å². The van der Waals surface area contributed by atoms with Crippen molar-refractivity contribution in [3.63, 3.8) is 0 Å². The number of nitrogens with zero attached hydrogens (tertiary/aromatic N) is 2. The summed E-state index contributed by atoms with van der Waals surface area (Å²) >= 11 is 12.9. The van der Waals surface area contributed by atoms with Crippen LogP contribution in [0.4, 0.5) is 10.1 Å². The molecule has 4 rings (SSSR count). The number of anilines is 1. The maximum absolute atomic E-state index is 14.5. The summed E-state index contributed by atoms with van der Waals surface area (Å²) in [5, 5.41) is 3.02. The number of hydrogen-bond donors (Lipinski definition) is 1. The summed E-state index contributed by atoms with van der Waals surface area (Å²) in [4.78, 5) is 29.7. The van der Waals surface area contributed by atoms with Gasteiger partial charge in [-0.1, -0.05) is 89.4 Å². The Labute approximate surface area is 280 Å². The molecule has 0 aromatic heterocycles. The highest BCUT2D eigenvalue weighted by molar-refractivity contribution is 7.92. The zero-order chi connectivity index (χ0) is 33.6.